The standard InChI is InChI=1S/C11H18N2O/c1-3-10-8(2)13-11(14-10)6-9-4-5-12-7-9/h9,12H,3-7H2,1-2H3. The first-order chi connectivity index (χ1) is 6.79. The number of nitrogens with zero attached hydrogens (tertiary/aromatic N) is 1. The summed E-state index contributed by atoms with van der Waals surface area (Å²) in [7, 11) is 0. The Labute approximate surface area is 84.9 Å². The van der Waals surface area contributed by atoms with Crippen molar-refractivity contribution in [3.8, 4) is 0 Å². The Hall–Kier alpha value is -0.830. The number of aryl methyl sites for hydroxylation is 2. The van der Waals surface area contributed by atoms with Gasteiger partial charge in [-0.2, -0.15) is 0 Å². The van der Waals surface area contributed by atoms with E-state index in [0.29, 0.717) is 0 Å². The van der Waals surface area contributed by atoms with Gasteiger partial charge in [-0.15, -0.1) is 0 Å². The van der Waals surface area contributed by atoms with Gasteiger partial charge >= 0.3 is 0 Å². The Morgan fingerprint density at radius 2 is 2.43 bits per heavy atom. The fourth-order valence-electron chi connectivity index (χ4n) is 2.04. The summed E-state index contributed by atoms with van der Waals surface area (Å²) in [5.74, 6) is 2.69. The highest BCUT2D eigenvalue weighted by molar-refractivity contribution is 5.08. The second-order valence-corrected chi connectivity index (χ2v) is 4.03. The van der Waals surface area contributed by atoms with E-state index >= 15 is 0 Å². The van der Waals surface area contributed by atoms with Gasteiger partial charge in [0.2, 0.25) is 0 Å². The fraction of sp³-hybridized carbons (Fsp3) is 0.727. The van der Waals surface area contributed by atoms with Crippen molar-refractivity contribution in [3.63, 3.8) is 0 Å². The van der Waals surface area contributed by atoms with Crippen molar-refractivity contribution in [2.24, 2.45) is 5.92 Å². The van der Waals surface area contributed by atoms with E-state index in [2.05, 4.69) is 17.2 Å². The Kier molecular flexibility index (Phi) is 2.87. The van der Waals surface area contributed by atoms with E-state index in [1.54, 1.807) is 0 Å². The molecule has 0 spiro atoms. The van der Waals surface area contributed by atoms with Crippen LogP contribution < -0.4 is 5.32 Å². The maximum Gasteiger partial charge on any atom is 0.194 e. The van der Waals surface area contributed by atoms with E-state index in [0.717, 1.165) is 49.2 Å². The highest BCUT2D eigenvalue weighted by atomic mass is 16.4. The molecule has 3 nitrogen and oxygen atoms in total. The second-order valence-electron chi connectivity index (χ2n) is 4.03. The van der Waals surface area contributed by atoms with Crippen molar-refractivity contribution in [3.05, 3.63) is 17.3 Å². The van der Waals surface area contributed by atoms with Gasteiger partial charge in [0.1, 0.15) is 5.76 Å². The Bertz CT molecular complexity index is 300. The van der Waals surface area contributed by atoms with E-state index in [4.69, 9.17) is 4.42 Å². The molecule has 1 fully saturated rings. The molecule has 0 bridgehead atoms. The summed E-state index contributed by atoms with van der Waals surface area (Å²) in [5.41, 5.74) is 1.06. The van der Waals surface area contributed by atoms with Crippen molar-refractivity contribution in [1.29, 1.82) is 0 Å². The van der Waals surface area contributed by atoms with Crippen LogP contribution in [0.25, 0.3) is 0 Å². The van der Waals surface area contributed by atoms with Gasteiger partial charge in [0.25, 0.3) is 0 Å². The molecule has 0 aromatic carbocycles. The predicted octanol–water partition coefficient (Wildman–Crippen LogP) is 1.70. The van der Waals surface area contributed by atoms with Crippen LogP contribution in [0.2, 0.25) is 0 Å². The van der Waals surface area contributed by atoms with Gasteiger partial charge < -0.3 is 9.73 Å². The molecular weight excluding hydrogens is 176 g/mol. The van der Waals surface area contributed by atoms with Gasteiger partial charge in [-0.1, -0.05) is 6.92 Å². The molecule has 1 atom stereocenters. The molecule has 2 rings (SSSR count). The lowest BCUT2D eigenvalue weighted by Crippen LogP contribution is -2.10. The van der Waals surface area contributed by atoms with Crippen molar-refractivity contribution in [1.82, 2.24) is 10.3 Å². The number of aromatic nitrogens is 1. The monoisotopic (exact) mass is 194 g/mol. The molecule has 1 aliphatic rings. The van der Waals surface area contributed by atoms with Gasteiger partial charge in [0, 0.05) is 12.8 Å². The van der Waals surface area contributed by atoms with Gasteiger partial charge in [-0.05, 0) is 32.4 Å². The van der Waals surface area contributed by atoms with Gasteiger partial charge in [-0.25, -0.2) is 4.98 Å². The first kappa shape index (κ1) is 9.71. The van der Waals surface area contributed by atoms with Crippen LogP contribution in [-0.2, 0) is 12.8 Å². The molecule has 1 N–H and O–H groups in total. The third kappa shape index (κ3) is 1.98. The minimum atomic E-state index is 0.720. The third-order valence-electron chi connectivity index (χ3n) is 2.88. The summed E-state index contributed by atoms with van der Waals surface area (Å²) >= 11 is 0. The van der Waals surface area contributed by atoms with Crippen LogP contribution in [0.15, 0.2) is 4.42 Å². The molecule has 1 aromatic rings. The van der Waals surface area contributed by atoms with E-state index < -0.39 is 0 Å². The van der Waals surface area contributed by atoms with Crippen LogP contribution in [0.5, 0.6) is 0 Å². The number of hydrogen-bond donors (Lipinski definition) is 1. The molecule has 0 saturated carbocycles. The predicted molar refractivity (Wildman–Crippen MR) is 55.3 cm³/mol. The van der Waals surface area contributed by atoms with E-state index in [1.807, 2.05) is 6.92 Å². The zero-order chi connectivity index (χ0) is 9.97. The SMILES string of the molecule is CCc1oc(CC2CCNC2)nc1C. The first-order valence-corrected chi connectivity index (χ1v) is 5.45. The molecule has 1 aliphatic heterocycles. The average Bonchev–Trinajstić information content (AvgIpc) is 2.76. The van der Waals surface area contributed by atoms with E-state index in [1.165, 1.54) is 6.42 Å². The molecule has 2 heterocycles. The lowest BCUT2D eigenvalue weighted by molar-refractivity contribution is 0.420. The van der Waals surface area contributed by atoms with Crippen LogP contribution in [0.1, 0.15) is 30.7 Å². The molecule has 0 radical (unpaired) electrons. The second kappa shape index (κ2) is 4.13. The molecule has 0 amide bonds. The van der Waals surface area contributed by atoms with Crippen molar-refractivity contribution < 1.29 is 4.42 Å². The summed E-state index contributed by atoms with van der Waals surface area (Å²) in [6.07, 6.45) is 3.19. The number of nitrogens with one attached hydrogen (secondary N) is 1. The third-order valence-corrected chi connectivity index (χ3v) is 2.88. The number of hydrogen-bond acceptors (Lipinski definition) is 3. The molecule has 1 saturated heterocycles. The molecular formula is C11H18N2O. The highest BCUT2D eigenvalue weighted by Crippen LogP contribution is 2.17. The zero-order valence-corrected chi connectivity index (χ0v) is 8.97. The minimum absolute atomic E-state index is 0.720. The summed E-state index contributed by atoms with van der Waals surface area (Å²) in [4.78, 5) is 4.45. The fourth-order valence-corrected chi connectivity index (χ4v) is 2.04. The lowest BCUT2D eigenvalue weighted by atomic mass is 10.1. The lowest BCUT2D eigenvalue weighted by Gasteiger charge is -2.02. The van der Waals surface area contributed by atoms with Crippen molar-refractivity contribution >= 4 is 0 Å². The molecule has 14 heavy (non-hydrogen) atoms. The Morgan fingerprint density at radius 1 is 1.57 bits per heavy atom. The maximum absolute atomic E-state index is 5.69. The van der Waals surface area contributed by atoms with Gasteiger partial charge in [0.05, 0.1) is 5.69 Å². The van der Waals surface area contributed by atoms with Crippen LogP contribution in [0.3, 0.4) is 0 Å². The summed E-state index contributed by atoms with van der Waals surface area (Å²) in [6, 6.07) is 0. The smallest absolute Gasteiger partial charge is 0.194 e. The molecule has 78 valence electrons. The molecule has 1 aromatic heterocycles. The maximum atomic E-state index is 5.69. The molecule has 1 unspecified atom stereocenters. The summed E-state index contributed by atoms with van der Waals surface area (Å²) in [5, 5.41) is 3.36. The summed E-state index contributed by atoms with van der Waals surface area (Å²) in [6.45, 7) is 6.39. The van der Waals surface area contributed by atoms with Crippen LogP contribution in [0.4, 0.5) is 0 Å². The van der Waals surface area contributed by atoms with E-state index in [-0.39, 0.29) is 0 Å². The van der Waals surface area contributed by atoms with Crippen LogP contribution >= 0.6 is 0 Å². The average molecular weight is 194 g/mol. The highest BCUT2D eigenvalue weighted by Gasteiger charge is 2.18. The van der Waals surface area contributed by atoms with Crippen LogP contribution in [-0.4, -0.2) is 18.1 Å². The summed E-state index contributed by atoms with van der Waals surface area (Å²) < 4.78 is 5.69. The van der Waals surface area contributed by atoms with Crippen molar-refractivity contribution in [2.75, 3.05) is 13.1 Å². The first-order valence-electron chi connectivity index (χ1n) is 5.45. The zero-order valence-electron chi connectivity index (χ0n) is 8.97. The Morgan fingerprint density at radius 3 is 3.00 bits per heavy atom. The number of oxazole rings is 1. The largest absolute Gasteiger partial charge is 0.445 e. The number of rotatable bonds is 3. The quantitative estimate of drug-likeness (QED) is 0.795. The van der Waals surface area contributed by atoms with E-state index in [9.17, 15) is 0 Å². The Balaban J connectivity index is 2.01. The van der Waals surface area contributed by atoms with Gasteiger partial charge in [0.15, 0.2) is 5.89 Å². The van der Waals surface area contributed by atoms with Gasteiger partial charge in [-0.3, -0.25) is 0 Å². The topological polar surface area (TPSA) is 38.1 Å². The minimum Gasteiger partial charge on any atom is -0.445 e. The molecule has 3 heteroatoms. The molecule has 0 aliphatic carbocycles. The van der Waals surface area contributed by atoms with Crippen LogP contribution in [0, 0.1) is 12.8 Å². The normalized spacial score (nSPS) is 21.7. The van der Waals surface area contributed by atoms with Crippen molar-refractivity contribution in [2.45, 2.75) is 33.1 Å².